The molecule has 3 rings (SSSR count). The van der Waals surface area contributed by atoms with Crippen LogP contribution in [-0.4, -0.2) is 55.2 Å². The molecule has 1 amide bonds. The number of nitrogens with one attached hydrogen (secondary N) is 2. The van der Waals surface area contributed by atoms with Gasteiger partial charge in [0, 0.05) is 43.0 Å². The first-order chi connectivity index (χ1) is 14.8. The number of rotatable bonds is 8. The number of amides is 1. The fraction of sp³-hybridized carbons (Fsp3) is 0.450. The van der Waals surface area contributed by atoms with E-state index in [0.29, 0.717) is 18.0 Å². The van der Waals surface area contributed by atoms with Gasteiger partial charge in [-0.25, -0.2) is 9.97 Å². The average molecular weight is 439 g/mol. The van der Waals surface area contributed by atoms with Crippen molar-refractivity contribution in [1.29, 1.82) is 0 Å². The Kier molecular flexibility index (Phi) is 7.16. The Morgan fingerprint density at radius 3 is 2.55 bits per heavy atom. The highest BCUT2D eigenvalue weighted by Crippen LogP contribution is 2.33. The van der Waals surface area contributed by atoms with Crippen LogP contribution in [0.2, 0.25) is 0 Å². The van der Waals surface area contributed by atoms with Gasteiger partial charge in [0.05, 0.1) is 26.0 Å². The van der Waals surface area contributed by atoms with Gasteiger partial charge in [0.15, 0.2) is 5.75 Å². The lowest BCUT2D eigenvalue weighted by molar-refractivity contribution is -0.145. The van der Waals surface area contributed by atoms with Crippen molar-refractivity contribution in [3.05, 3.63) is 36.4 Å². The van der Waals surface area contributed by atoms with Crippen molar-refractivity contribution in [2.75, 3.05) is 38.2 Å². The lowest BCUT2D eigenvalue weighted by Gasteiger charge is -2.21. The standard InChI is InChI=1S/C20H24F3N5O3/c1-3-24-11-18(29)27-13-4-5-28(12-13)14-6-15(30-2)8-16(7-14)31-17-9-25-19(26-10-17)20(21,22)23/h6-10,13,24H,3-5,11-12H2,1-2H3,(H,27,29)/t13-/m0/s1. The summed E-state index contributed by atoms with van der Waals surface area (Å²) in [5, 5.41) is 5.99. The zero-order chi connectivity index (χ0) is 22.4. The molecule has 0 radical (unpaired) electrons. The van der Waals surface area contributed by atoms with Crippen molar-refractivity contribution < 1.29 is 27.4 Å². The molecule has 2 heterocycles. The molecule has 1 fully saturated rings. The minimum absolute atomic E-state index is 0.0186. The number of ether oxygens (including phenoxy) is 2. The van der Waals surface area contributed by atoms with Gasteiger partial charge in [0.25, 0.3) is 0 Å². The van der Waals surface area contributed by atoms with Crippen LogP contribution in [0.4, 0.5) is 18.9 Å². The summed E-state index contributed by atoms with van der Waals surface area (Å²) in [4.78, 5) is 20.6. The smallest absolute Gasteiger partial charge is 0.451 e. The van der Waals surface area contributed by atoms with Crippen LogP contribution in [0.5, 0.6) is 17.2 Å². The molecule has 0 saturated carbocycles. The number of hydrogen-bond donors (Lipinski definition) is 2. The fourth-order valence-corrected chi connectivity index (χ4v) is 3.20. The molecule has 11 heteroatoms. The number of hydrogen-bond acceptors (Lipinski definition) is 7. The predicted octanol–water partition coefficient (Wildman–Crippen LogP) is 2.60. The fourth-order valence-electron chi connectivity index (χ4n) is 3.20. The summed E-state index contributed by atoms with van der Waals surface area (Å²) in [6.07, 6.45) is -1.88. The summed E-state index contributed by atoms with van der Waals surface area (Å²) in [5.41, 5.74) is 0.811. The Morgan fingerprint density at radius 1 is 1.19 bits per heavy atom. The van der Waals surface area contributed by atoms with E-state index in [4.69, 9.17) is 9.47 Å². The molecule has 2 aromatic rings. The van der Waals surface area contributed by atoms with Crippen molar-refractivity contribution >= 4 is 11.6 Å². The summed E-state index contributed by atoms with van der Waals surface area (Å²) >= 11 is 0. The number of benzene rings is 1. The van der Waals surface area contributed by atoms with Gasteiger partial charge in [-0.05, 0) is 13.0 Å². The third kappa shape index (κ3) is 6.20. The molecule has 8 nitrogen and oxygen atoms in total. The van der Waals surface area contributed by atoms with Crippen molar-refractivity contribution in [2.24, 2.45) is 0 Å². The van der Waals surface area contributed by atoms with Gasteiger partial charge < -0.3 is 25.0 Å². The van der Waals surface area contributed by atoms with E-state index in [0.717, 1.165) is 37.6 Å². The second-order valence-corrected chi connectivity index (χ2v) is 6.99. The first-order valence-electron chi connectivity index (χ1n) is 9.79. The van der Waals surface area contributed by atoms with E-state index in [1.165, 1.54) is 7.11 Å². The zero-order valence-corrected chi connectivity index (χ0v) is 17.2. The summed E-state index contributed by atoms with van der Waals surface area (Å²) < 4.78 is 48.9. The molecule has 1 saturated heterocycles. The largest absolute Gasteiger partial charge is 0.497 e. The Morgan fingerprint density at radius 2 is 1.90 bits per heavy atom. The Bertz CT molecular complexity index is 893. The van der Waals surface area contributed by atoms with Gasteiger partial charge >= 0.3 is 6.18 Å². The van der Waals surface area contributed by atoms with Crippen molar-refractivity contribution in [2.45, 2.75) is 25.6 Å². The number of alkyl halides is 3. The second kappa shape index (κ2) is 9.82. The van der Waals surface area contributed by atoms with E-state index in [1.807, 2.05) is 13.0 Å². The lowest BCUT2D eigenvalue weighted by Crippen LogP contribution is -2.41. The molecule has 2 N–H and O–H groups in total. The molecule has 1 aromatic heterocycles. The number of halogens is 3. The number of carbonyl (C=O) groups excluding carboxylic acids is 1. The van der Waals surface area contributed by atoms with Gasteiger partial charge in [-0.3, -0.25) is 4.79 Å². The molecule has 1 aromatic carbocycles. The summed E-state index contributed by atoms with van der Waals surface area (Å²) in [6, 6.07) is 5.22. The highest BCUT2D eigenvalue weighted by atomic mass is 19.4. The van der Waals surface area contributed by atoms with Crippen LogP contribution < -0.4 is 25.0 Å². The van der Waals surface area contributed by atoms with Gasteiger partial charge in [-0.15, -0.1) is 0 Å². The summed E-state index contributed by atoms with van der Waals surface area (Å²) in [6.45, 7) is 4.28. The first-order valence-corrected chi connectivity index (χ1v) is 9.79. The maximum absolute atomic E-state index is 12.6. The number of anilines is 1. The summed E-state index contributed by atoms with van der Waals surface area (Å²) in [5.74, 6) is -0.310. The van der Waals surface area contributed by atoms with Crippen molar-refractivity contribution in [3.63, 3.8) is 0 Å². The average Bonchev–Trinajstić information content (AvgIpc) is 3.20. The molecule has 0 unspecified atom stereocenters. The predicted molar refractivity (Wildman–Crippen MR) is 107 cm³/mol. The third-order valence-electron chi connectivity index (χ3n) is 4.67. The van der Waals surface area contributed by atoms with Gasteiger partial charge in [-0.1, -0.05) is 6.92 Å². The van der Waals surface area contributed by atoms with E-state index < -0.39 is 12.0 Å². The molecule has 1 atom stereocenters. The zero-order valence-electron chi connectivity index (χ0n) is 17.2. The molecule has 31 heavy (non-hydrogen) atoms. The molecule has 0 spiro atoms. The second-order valence-electron chi connectivity index (χ2n) is 6.99. The molecule has 1 aliphatic heterocycles. The lowest BCUT2D eigenvalue weighted by atomic mass is 10.2. The van der Waals surface area contributed by atoms with Crippen LogP contribution in [0.15, 0.2) is 30.6 Å². The van der Waals surface area contributed by atoms with Crippen LogP contribution in [0.25, 0.3) is 0 Å². The maximum Gasteiger partial charge on any atom is 0.451 e. The monoisotopic (exact) mass is 439 g/mol. The van der Waals surface area contributed by atoms with E-state index >= 15 is 0 Å². The Balaban J connectivity index is 1.69. The number of nitrogens with zero attached hydrogens (tertiary/aromatic N) is 3. The molecule has 0 bridgehead atoms. The van der Waals surface area contributed by atoms with Crippen LogP contribution in [0, 0.1) is 0 Å². The molecule has 0 aliphatic carbocycles. The van der Waals surface area contributed by atoms with Crippen LogP contribution >= 0.6 is 0 Å². The van der Waals surface area contributed by atoms with Crippen LogP contribution in [0.1, 0.15) is 19.2 Å². The van der Waals surface area contributed by atoms with Gasteiger partial charge in [-0.2, -0.15) is 13.2 Å². The van der Waals surface area contributed by atoms with E-state index in [1.54, 1.807) is 12.1 Å². The molecular weight excluding hydrogens is 415 g/mol. The first kappa shape index (κ1) is 22.6. The third-order valence-corrected chi connectivity index (χ3v) is 4.67. The SMILES string of the molecule is CCNCC(=O)N[C@H]1CCN(c2cc(OC)cc(Oc3cnc(C(F)(F)F)nc3)c2)C1. The minimum atomic E-state index is -4.62. The van der Waals surface area contributed by atoms with Crippen LogP contribution in [0.3, 0.4) is 0 Å². The number of aromatic nitrogens is 2. The normalized spacial score (nSPS) is 16.3. The maximum atomic E-state index is 12.6. The van der Waals surface area contributed by atoms with E-state index in [9.17, 15) is 18.0 Å². The molecule has 168 valence electrons. The molecule has 1 aliphatic rings. The number of methoxy groups -OCH3 is 1. The number of carbonyl (C=O) groups is 1. The highest BCUT2D eigenvalue weighted by molar-refractivity contribution is 5.78. The quantitative estimate of drug-likeness (QED) is 0.654. The Hall–Kier alpha value is -3.08. The van der Waals surface area contributed by atoms with E-state index in [-0.39, 0.29) is 24.2 Å². The van der Waals surface area contributed by atoms with E-state index in [2.05, 4.69) is 25.5 Å². The highest BCUT2D eigenvalue weighted by Gasteiger charge is 2.34. The molecular formula is C20H24F3N5O3. The summed E-state index contributed by atoms with van der Waals surface area (Å²) in [7, 11) is 1.51. The minimum Gasteiger partial charge on any atom is -0.497 e. The number of likely N-dealkylation sites (N-methyl/N-ethyl adjacent to an activating group) is 1. The Labute approximate surface area is 177 Å². The van der Waals surface area contributed by atoms with Crippen LogP contribution in [-0.2, 0) is 11.0 Å². The van der Waals surface area contributed by atoms with Gasteiger partial charge in [0.2, 0.25) is 11.7 Å². The van der Waals surface area contributed by atoms with Crippen molar-refractivity contribution in [1.82, 2.24) is 20.6 Å². The topological polar surface area (TPSA) is 88.6 Å². The van der Waals surface area contributed by atoms with Gasteiger partial charge in [0.1, 0.15) is 11.5 Å². The van der Waals surface area contributed by atoms with Crippen molar-refractivity contribution in [3.8, 4) is 17.2 Å².